The summed E-state index contributed by atoms with van der Waals surface area (Å²) < 4.78 is 1.77. The van der Waals surface area contributed by atoms with E-state index in [-0.39, 0.29) is 0 Å². The van der Waals surface area contributed by atoms with Crippen LogP contribution in [0.5, 0.6) is 0 Å². The second-order valence-corrected chi connectivity index (χ2v) is 3.88. The summed E-state index contributed by atoms with van der Waals surface area (Å²) >= 11 is 0. The average molecular weight is 210 g/mol. The number of carboxylic acid groups (broad SMARTS) is 1. The summed E-state index contributed by atoms with van der Waals surface area (Å²) in [6, 6.07) is 0. The molecule has 0 saturated carbocycles. The van der Waals surface area contributed by atoms with E-state index in [2.05, 4.69) is 5.10 Å². The van der Waals surface area contributed by atoms with Crippen molar-refractivity contribution in [3.05, 3.63) is 12.4 Å². The zero-order valence-electron chi connectivity index (χ0n) is 8.33. The first-order valence-electron chi connectivity index (χ1n) is 4.91. The molecule has 1 saturated heterocycles. The fraction of sp³-hybridized carbons (Fsp3) is 0.556. The van der Waals surface area contributed by atoms with E-state index in [4.69, 9.17) is 10.8 Å². The molecule has 6 nitrogen and oxygen atoms in total. The standard InChI is InChI=1S/C9H14N4O2/c10-8-3-11-13(6-8)5-7-1-2-12(4-7)9(14)15/h3,6-7H,1-2,4-5,10H2,(H,14,15). The lowest BCUT2D eigenvalue weighted by Gasteiger charge is -2.12. The van der Waals surface area contributed by atoms with Gasteiger partial charge in [-0.3, -0.25) is 4.68 Å². The normalized spacial score (nSPS) is 20.8. The number of rotatable bonds is 2. The Morgan fingerprint density at radius 2 is 2.53 bits per heavy atom. The predicted octanol–water partition coefficient (Wildman–Crippen LogP) is 0.465. The number of carbonyl (C=O) groups is 1. The van der Waals surface area contributed by atoms with E-state index in [1.54, 1.807) is 17.1 Å². The maximum Gasteiger partial charge on any atom is 0.407 e. The van der Waals surface area contributed by atoms with Gasteiger partial charge >= 0.3 is 6.09 Å². The van der Waals surface area contributed by atoms with Gasteiger partial charge in [0.15, 0.2) is 0 Å². The zero-order valence-corrected chi connectivity index (χ0v) is 8.33. The number of likely N-dealkylation sites (tertiary alicyclic amines) is 1. The van der Waals surface area contributed by atoms with E-state index in [0.717, 1.165) is 13.0 Å². The topological polar surface area (TPSA) is 84.4 Å². The van der Waals surface area contributed by atoms with Crippen LogP contribution in [0.15, 0.2) is 12.4 Å². The average Bonchev–Trinajstić information content (AvgIpc) is 2.76. The van der Waals surface area contributed by atoms with Gasteiger partial charge in [0.05, 0.1) is 11.9 Å². The lowest BCUT2D eigenvalue weighted by Crippen LogP contribution is -2.27. The molecule has 2 rings (SSSR count). The summed E-state index contributed by atoms with van der Waals surface area (Å²) in [5.41, 5.74) is 6.18. The highest BCUT2D eigenvalue weighted by atomic mass is 16.4. The molecule has 1 amide bonds. The van der Waals surface area contributed by atoms with E-state index in [9.17, 15) is 4.79 Å². The number of nitrogens with two attached hydrogens (primary N) is 1. The van der Waals surface area contributed by atoms with Crippen molar-refractivity contribution in [2.45, 2.75) is 13.0 Å². The Hall–Kier alpha value is -1.72. The molecule has 1 atom stereocenters. The minimum Gasteiger partial charge on any atom is -0.465 e. The first-order valence-corrected chi connectivity index (χ1v) is 4.91. The van der Waals surface area contributed by atoms with Crippen molar-refractivity contribution in [1.29, 1.82) is 0 Å². The van der Waals surface area contributed by atoms with Crippen molar-refractivity contribution in [1.82, 2.24) is 14.7 Å². The molecular weight excluding hydrogens is 196 g/mol. The molecule has 0 bridgehead atoms. The van der Waals surface area contributed by atoms with E-state index in [0.29, 0.717) is 24.7 Å². The van der Waals surface area contributed by atoms with Gasteiger partial charge in [-0.2, -0.15) is 5.10 Å². The summed E-state index contributed by atoms with van der Waals surface area (Å²) in [6.07, 6.45) is 3.43. The fourth-order valence-corrected chi connectivity index (χ4v) is 1.90. The second-order valence-electron chi connectivity index (χ2n) is 3.88. The minimum atomic E-state index is -0.836. The molecule has 1 aliphatic heterocycles. The van der Waals surface area contributed by atoms with Crippen molar-refractivity contribution >= 4 is 11.8 Å². The number of hydrogen-bond acceptors (Lipinski definition) is 3. The second kappa shape index (κ2) is 3.80. The van der Waals surface area contributed by atoms with E-state index in [1.807, 2.05) is 0 Å². The molecule has 3 N–H and O–H groups in total. The van der Waals surface area contributed by atoms with Crippen LogP contribution in [0.1, 0.15) is 6.42 Å². The van der Waals surface area contributed by atoms with E-state index >= 15 is 0 Å². The highest BCUT2D eigenvalue weighted by molar-refractivity contribution is 5.65. The maximum atomic E-state index is 10.7. The van der Waals surface area contributed by atoms with Gasteiger partial charge in [-0.25, -0.2) is 4.79 Å². The van der Waals surface area contributed by atoms with Gasteiger partial charge in [0.2, 0.25) is 0 Å². The molecule has 6 heteroatoms. The van der Waals surface area contributed by atoms with Crippen LogP contribution >= 0.6 is 0 Å². The molecule has 1 fully saturated rings. The maximum absolute atomic E-state index is 10.7. The third-order valence-electron chi connectivity index (χ3n) is 2.65. The largest absolute Gasteiger partial charge is 0.465 e. The third kappa shape index (κ3) is 2.20. The van der Waals surface area contributed by atoms with Crippen LogP contribution in [0.3, 0.4) is 0 Å². The van der Waals surface area contributed by atoms with Crippen LogP contribution in [0.2, 0.25) is 0 Å². The number of nitrogen functional groups attached to an aromatic ring is 1. The molecule has 1 aromatic rings. The zero-order chi connectivity index (χ0) is 10.8. The SMILES string of the molecule is Nc1cnn(CC2CCN(C(=O)O)C2)c1. The fourth-order valence-electron chi connectivity index (χ4n) is 1.90. The highest BCUT2D eigenvalue weighted by Gasteiger charge is 2.26. The predicted molar refractivity (Wildman–Crippen MR) is 54.3 cm³/mol. The molecule has 1 aromatic heterocycles. The number of nitrogens with zero attached hydrogens (tertiary/aromatic N) is 3. The van der Waals surface area contributed by atoms with Gasteiger partial charge in [0.1, 0.15) is 0 Å². The summed E-state index contributed by atoms with van der Waals surface area (Å²) in [6.45, 7) is 1.95. The molecule has 2 heterocycles. The lowest BCUT2D eigenvalue weighted by atomic mass is 10.1. The van der Waals surface area contributed by atoms with Crippen LogP contribution in [-0.2, 0) is 6.54 Å². The minimum absolute atomic E-state index is 0.348. The molecular formula is C9H14N4O2. The summed E-state index contributed by atoms with van der Waals surface area (Å²) in [5, 5.41) is 12.9. The molecule has 1 unspecified atom stereocenters. The Labute approximate surface area is 87.3 Å². The first kappa shape index (κ1) is 9.82. The van der Waals surface area contributed by atoms with E-state index in [1.165, 1.54) is 4.90 Å². The van der Waals surface area contributed by atoms with Gasteiger partial charge in [-0.15, -0.1) is 0 Å². The van der Waals surface area contributed by atoms with Gasteiger partial charge in [0, 0.05) is 25.8 Å². The molecule has 0 aliphatic carbocycles. The van der Waals surface area contributed by atoms with Crippen LogP contribution in [0, 0.1) is 5.92 Å². The Kier molecular flexibility index (Phi) is 2.49. The quantitative estimate of drug-likeness (QED) is 0.742. The lowest BCUT2D eigenvalue weighted by molar-refractivity contribution is 0.153. The van der Waals surface area contributed by atoms with Gasteiger partial charge < -0.3 is 15.7 Å². The van der Waals surface area contributed by atoms with Gasteiger partial charge in [-0.1, -0.05) is 0 Å². The molecule has 0 spiro atoms. The smallest absolute Gasteiger partial charge is 0.407 e. The number of amides is 1. The van der Waals surface area contributed by atoms with Crippen LogP contribution in [-0.4, -0.2) is 39.0 Å². The molecule has 0 aromatic carbocycles. The Morgan fingerprint density at radius 1 is 1.73 bits per heavy atom. The van der Waals surface area contributed by atoms with Gasteiger partial charge in [-0.05, 0) is 12.3 Å². The number of anilines is 1. The van der Waals surface area contributed by atoms with Crippen molar-refractivity contribution in [3.8, 4) is 0 Å². The Morgan fingerprint density at radius 3 is 3.07 bits per heavy atom. The molecule has 1 aliphatic rings. The Balaban J connectivity index is 1.90. The highest BCUT2D eigenvalue weighted by Crippen LogP contribution is 2.18. The van der Waals surface area contributed by atoms with Crippen molar-refractivity contribution in [2.24, 2.45) is 5.92 Å². The van der Waals surface area contributed by atoms with Crippen LogP contribution < -0.4 is 5.73 Å². The van der Waals surface area contributed by atoms with Gasteiger partial charge in [0.25, 0.3) is 0 Å². The van der Waals surface area contributed by atoms with Crippen LogP contribution in [0.25, 0.3) is 0 Å². The summed E-state index contributed by atoms with van der Waals surface area (Å²) in [7, 11) is 0. The van der Waals surface area contributed by atoms with E-state index < -0.39 is 6.09 Å². The number of hydrogen-bond donors (Lipinski definition) is 2. The molecule has 0 radical (unpaired) electrons. The third-order valence-corrected chi connectivity index (χ3v) is 2.65. The van der Waals surface area contributed by atoms with Crippen molar-refractivity contribution < 1.29 is 9.90 Å². The van der Waals surface area contributed by atoms with Crippen molar-refractivity contribution in [2.75, 3.05) is 18.8 Å². The van der Waals surface area contributed by atoms with Crippen molar-refractivity contribution in [3.63, 3.8) is 0 Å². The summed E-state index contributed by atoms with van der Waals surface area (Å²) in [5.74, 6) is 0.348. The monoisotopic (exact) mass is 210 g/mol. The summed E-state index contributed by atoms with van der Waals surface area (Å²) in [4.78, 5) is 12.1. The molecule has 82 valence electrons. The Bertz CT molecular complexity index is 363. The number of aromatic nitrogens is 2. The van der Waals surface area contributed by atoms with Crippen LogP contribution in [0.4, 0.5) is 10.5 Å². The molecule has 15 heavy (non-hydrogen) atoms. The first-order chi connectivity index (χ1) is 7.15.